The van der Waals surface area contributed by atoms with E-state index in [2.05, 4.69) is 55.6 Å². The van der Waals surface area contributed by atoms with Crippen molar-refractivity contribution < 1.29 is 0 Å². The quantitative estimate of drug-likeness (QED) is 0.838. The molecule has 1 nitrogen and oxygen atoms in total. The number of rotatable bonds is 4. The lowest BCUT2D eigenvalue weighted by Gasteiger charge is -2.11. The first kappa shape index (κ1) is 14.6. The van der Waals surface area contributed by atoms with Gasteiger partial charge in [0.25, 0.3) is 0 Å². The smallest absolute Gasteiger partial charge is 0.0487 e. The number of hydrogen-bond donors (Lipinski definition) is 1. The summed E-state index contributed by atoms with van der Waals surface area (Å²) in [6, 6.07) is 13.7. The fourth-order valence-electron chi connectivity index (χ4n) is 2.96. The number of fused-ring (bicyclic) bond motifs is 1. The maximum atomic E-state index is 6.50. The normalized spacial score (nSPS) is 13.7. The predicted molar refractivity (Wildman–Crippen MR) is 90.9 cm³/mol. The Morgan fingerprint density at radius 1 is 1.05 bits per heavy atom. The van der Waals surface area contributed by atoms with E-state index in [1.807, 2.05) is 0 Å². The van der Waals surface area contributed by atoms with Crippen LogP contribution in [0.5, 0.6) is 0 Å². The van der Waals surface area contributed by atoms with Gasteiger partial charge in [0.2, 0.25) is 0 Å². The molecule has 0 saturated heterocycles. The van der Waals surface area contributed by atoms with E-state index >= 15 is 0 Å². The van der Waals surface area contributed by atoms with E-state index in [1.54, 1.807) is 0 Å². The molecule has 1 aliphatic rings. The van der Waals surface area contributed by atoms with Gasteiger partial charge in [-0.2, -0.15) is 0 Å². The molecule has 110 valence electrons. The molecular formula is C19H22ClN. The molecule has 0 atom stereocenters. The van der Waals surface area contributed by atoms with Crippen molar-refractivity contribution in [3.05, 3.63) is 58.1 Å². The van der Waals surface area contributed by atoms with Crippen molar-refractivity contribution in [2.75, 3.05) is 0 Å². The summed E-state index contributed by atoms with van der Waals surface area (Å²) in [6.45, 7) is 5.17. The SMILES string of the molecule is CC(C)NCc1ccc(-c2ccc3c(c2)CCC3)c(Cl)c1. The molecule has 0 spiro atoms. The van der Waals surface area contributed by atoms with Crippen molar-refractivity contribution in [3.63, 3.8) is 0 Å². The minimum atomic E-state index is 0.486. The zero-order valence-electron chi connectivity index (χ0n) is 12.7. The van der Waals surface area contributed by atoms with Gasteiger partial charge in [-0.05, 0) is 47.6 Å². The molecule has 0 aromatic heterocycles. The summed E-state index contributed by atoms with van der Waals surface area (Å²) in [6.07, 6.45) is 3.71. The molecule has 1 N–H and O–H groups in total. The Kier molecular flexibility index (Phi) is 4.32. The van der Waals surface area contributed by atoms with Crippen LogP contribution in [0.25, 0.3) is 11.1 Å². The summed E-state index contributed by atoms with van der Waals surface area (Å²) in [7, 11) is 0. The monoisotopic (exact) mass is 299 g/mol. The van der Waals surface area contributed by atoms with Crippen molar-refractivity contribution in [2.45, 2.75) is 45.7 Å². The second kappa shape index (κ2) is 6.21. The van der Waals surface area contributed by atoms with Crippen LogP contribution in [0.4, 0.5) is 0 Å². The van der Waals surface area contributed by atoms with Crippen molar-refractivity contribution in [1.82, 2.24) is 5.32 Å². The Balaban J connectivity index is 1.85. The summed E-state index contributed by atoms with van der Waals surface area (Å²) >= 11 is 6.50. The Hall–Kier alpha value is -1.31. The summed E-state index contributed by atoms with van der Waals surface area (Å²) < 4.78 is 0. The first-order chi connectivity index (χ1) is 10.1. The number of halogens is 1. The molecule has 3 rings (SSSR count). The van der Waals surface area contributed by atoms with Crippen molar-refractivity contribution in [1.29, 1.82) is 0 Å². The molecule has 0 bridgehead atoms. The number of hydrogen-bond acceptors (Lipinski definition) is 1. The fraction of sp³-hybridized carbons (Fsp3) is 0.368. The van der Waals surface area contributed by atoms with Gasteiger partial charge >= 0.3 is 0 Å². The summed E-state index contributed by atoms with van der Waals surface area (Å²) in [5.74, 6) is 0. The highest BCUT2D eigenvalue weighted by Crippen LogP contribution is 2.32. The van der Waals surface area contributed by atoms with Crippen LogP contribution in [0.2, 0.25) is 5.02 Å². The van der Waals surface area contributed by atoms with Gasteiger partial charge in [0, 0.05) is 23.2 Å². The second-order valence-corrected chi connectivity index (χ2v) is 6.59. The zero-order chi connectivity index (χ0) is 14.8. The van der Waals surface area contributed by atoms with Gasteiger partial charge in [-0.1, -0.05) is 55.8 Å². The van der Waals surface area contributed by atoms with Gasteiger partial charge in [0.05, 0.1) is 0 Å². The van der Waals surface area contributed by atoms with Crippen LogP contribution in [-0.2, 0) is 19.4 Å². The van der Waals surface area contributed by atoms with Crippen LogP contribution >= 0.6 is 11.6 Å². The standard InChI is InChI=1S/C19H22ClN/c1-13(2)21-12-14-6-9-18(19(20)10-14)17-8-7-15-4-3-5-16(15)11-17/h6-11,13,21H,3-5,12H2,1-2H3. The summed E-state index contributed by atoms with van der Waals surface area (Å²) in [5.41, 5.74) is 6.61. The van der Waals surface area contributed by atoms with E-state index in [9.17, 15) is 0 Å². The van der Waals surface area contributed by atoms with E-state index < -0.39 is 0 Å². The Labute approximate surface area is 132 Å². The van der Waals surface area contributed by atoms with Crippen LogP contribution < -0.4 is 5.32 Å². The van der Waals surface area contributed by atoms with Crippen LogP contribution in [0.3, 0.4) is 0 Å². The predicted octanol–water partition coefficient (Wildman–Crippen LogP) is 4.99. The molecule has 0 unspecified atom stereocenters. The molecular weight excluding hydrogens is 278 g/mol. The molecule has 2 aromatic carbocycles. The minimum absolute atomic E-state index is 0.486. The van der Waals surface area contributed by atoms with Crippen LogP contribution in [0, 0.1) is 0 Å². The molecule has 0 amide bonds. The van der Waals surface area contributed by atoms with Gasteiger partial charge in [-0.3, -0.25) is 0 Å². The number of aryl methyl sites for hydroxylation is 2. The maximum Gasteiger partial charge on any atom is 0.0487 e. The van der Waals surface area contributed by atoms with E-state index in [0.717, 1.165) is 17.1 Å². The Morgan fingerprint density at radius 3 is 2.62 bits per heavy atom. The lowest BCUT2D eigenvalue weighted by Crippen LogP contribution is -2.21. The zero-order valence-corrected chi connectivity index (χ0v) is 13.5. The molecule has 21 heavy (non-hydrogen) atoms. The highest BCUT2D eigenvalue weighted by atomic mass is 35.5. The molecule has 2 aromatic rings. The van der Waals surface area contributed by atoms with E-state index in [-0.39, 0.29) is 0 Å². The average molecular weight is 300 g/mol. The molecule has 0 heterocycles. The topological polar surface area (TPSA) is 12.0 Å². The fourth-order valence-corrected chi connectivity index (χ4v) is 3.28. The van der Waals surface area contributed by atoms with Crippen molar-refractivity contribution >= 4 is 11.6 Å². The molecule has 0 fully saturated rings. The minimum Gasteiger partial charge on any atom is -0.310 e. The average Bonchev–Trinajstić information content (AvgIpc) is 2.92. The molecule has 2 heteroatoms. The van der Waals surface area contributed by atoms with Gasteiger partial charge in [-0.15, -0.1) is 0 Å². The van der Waals surface area contributed by atoms with E-state index in [0.29, 0.717) is 6.04 Å². The molecule has 0 aliphatic heterocycles. The second-order valence-electron chi connectivity index (χ2n) is 6.19. The third kappa shape index (κ3) is 3.30. The lowest BCUT2D eigenvalue weighted by atomic mass is 9.99. The molecule has 0 saturated carbocycles. The third-order valence-corrected chi connectivity index (χ3v) is 4.47. The van der Waals surface area contributed by atoms with Crippen LogP contribution in [0.15, 0.2) is 36.4 Å². The first-order valence-corrected chi connectivity index (χ1v) is 8.15. The van der Waals surface area contributed by atoms with Gasteiger partial charge in [0.1, 0.15) is 0 Å². The highest BCUT2D eigenvalue weighted by Gasteiger charge is 2.12. The van der Waals surface area contributed by atoms with Gasteiger partial charge in [0.15, 0.2) is 0 Å². The van der Waals surface area contributed by atoms with Gasteiger partial charge in [-0.25, -0.2) is 0 Å². The van der Waals surface area contributed by atoms with Crippen LogP contribution in [0.1, 0.15) is 37.0 Å². The molecule has 1 aliphatic carbocycles. The maximum absolute atomic E-state index is 6.50. The third-order valence-electron chi connectivity index (χ3n) is 4.16. The van der Waals surface area contributed by atoms with E-state index in [4.69, 9.17) is 11.6 Å². The van der Waals surface area contributed by atoms with Crippen LogP contribution in [-0.4, -0.2) is 6.04 Å². The summed E-state index contributed by atoms with van der Waals surface area (Å²) in [4.78, 5) is 0. The van der Waals surface area contributed by atoms with Gasteiger partial charge < -0.3 is 5.32 Å². The Morgan fingerprint density at radius 2 is 1.86 bits per heavy atom. The lowest BCUT2D eigenvalue weighted by molar-refractivity contribution is 0.589. The highest BCUT2D eigenvalue weighted by molar-refractivity contribution is 6.33. The first-order valence-electron chi connectivity index (χ1n) is 7.77. The van der Waals surface area contributed by atoms with E-state index in [1.165, 1.54) is 41.5 Å². The van der Waals surface area contributed by atoms with Crippen molar-refractivity contribution in [2.24, 2.45) is 0 Å². The largest absolute Gasteiger partial charge is 0.310 e. The Bertz CT molecular complexity index is 646. The summed E-state index contributed by atoms with van der Waals surface area (Å²) in [5, 5.41) is 4.27. The molecule has 0 radical (unpaired) electrons. The number of nitrogens with one attached hydrogen (secondary N) is 1. The van der Waals surface area contributed by atoms with Crippen molar-refractivity contribution in [3.8, 4) is 11.1 Å². The number of benzene rings is 2.